The molecule has 1 aromatic heterocycles. The molecule has 3 rings (SSSR count). The lowest BCUT2D eigenvalue weighted by Gasteiger charge is -2.21. The van der Waals surface area contributed by atoms with Gasteiger partial charge in [-0.15, -0.1) is 0 Å². The van der Waals surface area contributed by atoms with Crippen molar-refractivity contribution in [2.75, 3.05) is 18.4 Å². The Morgan fingerprint density at radius 1 is 1.42 bits per heavy atom. The minimum Gasteiger partial charge on any atom is -0.481 e. The second-order valence-electron chi connectivity index (χ2n) is 6.08. The molecule has 0 spiro atoms. The Morgan fingerprint density at radius 3 is 2.83 bits per heavy atom. The van der Waals surface area contributed by atoms with E-state index >= 15 is 0 Å². The van der Waals surface area contributed by atoms with Crippen molar-refractivity contribution in [1.29, 1.82) is 0 Å². The molecule has 0 saturated carbocycles. The molecule has 0 aliphatic carbocycles. The normalized spacial score (nSPS) is 20.2. The molecular formula is C16H17BrN4O3. The van der Waals surface area contributed by atoms with E-state index in [1.165, 1.54) is 4.90 Å². The van der Waals surface area contributed by atoms with Gasteiger partial charge in [0.1, 0.15) is 0 Å². The number of rotatable bonds is 3. The van der Waals surface area contributed by atoms with E-state index in [0.717, 1.165) is 10.2 Å². The molecule has 8 heteroatoms. The van der Waals surface area contributed by atoms with Gasteiger partial charge in [-0.25, -0.2) is 9.48 Å². The third-order valence-corrected chi connectivity index (χ3v) is 4.72. The number of carbonyl (C=O) groups is 2. The summed E-state index contributed by atoms with van der Waals surface area (Å²) in [5.74, 6) is -0.877. The van der Waals surface area contributed by atoms with Gasteiger partial charge in [0.05, 0.1) is 16.8 Å². The average molecular weight is 393 g/mol. The van der Waals surface area contributed by atoms with Crippen LogP contribution in [0.3, 0.4) is 0 Å². The number of nitrogens with one attached hydrogen (secondary N) is 1. The summed E-state index contributed by atoms with van der Waals surface area (Å²) < 4.78 is 2.48. The molecule has 2 N–H and O–H groups in total. The predicted octanol–water partition coefficient (Wildman–Crippen LogP) is 2.96. The van der Waals surface area contributed by atoms with Crippen molar-refractivity contribution in [2.45, 2.75) is 13.3 Å². The first-order valence-electron chi connectivity index (χ1n) is 7.48. The summed E-state index contributed by atoms with van der Waals surface area (Å²) in [5.41, 5.74) is 0.443. The highest BCUT2D eigenvalue weighted by Crippen LogP contribution is 2.31. The molecule has 2 amide bonds. The van der Waals surface area contributed by atoms with Crippen LogP contribution < -0.4 is 5.32 Å². The summed E-state index contributed by atoms with van der Waals surface area (Å²) in [6, 6.07) is 6.99. The summed E-state index contributed by atoms with van der Waals surface area (Å²) in [5, 5.41) is 16.3. The number of hydrogen-bond acceptors (Lipinski definition) is 3. The smallest absolute Gasteiger partial charge is 0.321 e. The van der Waals surface area contributed by atoms with Gasteiger partial charge in [0.25, 0.3) is 0 Å². The van der Waals surface area contributed by atoms with Crippen molar-refractivity contribution in [2.24, 2.45) is 5.41 Å². The Labute approximate surface area is 147 Å². The number of likely N-dealkylation sites (tertiary alicyclic amines) is 1. The number of anilines is 1. The van der Waals surface area contributed by atoms with Gasteiger partial charge in [0, 0.05) is 30.0 Å². The van der Waals surface area contributed by atoms with Gasteiger partial charge in [-0.1, -0.05) is 15.9 Å². The maximum absolute atomic E-state index is 12.5. The molecule has 1 aliphatic rings. The lowest BCUT2D eigenvalue weighted by molar-refractivity contribution is -0.146. The van der Waals surface area contributed by atoms with Crippen LogP contribution >= 0.6 is 15.9 Å². The van der Waals surface area contributed by atoms with Crippen LogP contribution in [0.25, 0.3) is 5.69 Å². The summed E-state index contributed by atoms with van der Waals surface area (Å²) in [7, 11) is 0. The van der Waals surface area contributed by atoms with E-state index in [4.69, 9.17) is 0 Å². The molecule has 2 aromatic rings. The highest BCUT2D eigenvalue weighted by Gasteiger charge is 2.42. The van der Waals surface area contributed by atoms with Gasteiger partial charge in [-0.2, -0.15) is 5.10 Å². The van der Waals surface area contributed by atoms with Gasteiger partial charge < -0.3 is 15.3 Å². The number of carbonyl (C=O) groups excluding carboxylic acids is 1. The van der Waals surface area contributed by atoms with Crippen molar-refractivity contribution in [3.05, 3.63) is 41.1 Å². The fourth-order valence-corrected chi connectivity index (χ4v) is 3.08. The number of aromatic nitrogens is 2. The quantitative estimate of drug-likeness (QED) is 0.840. The Hall–Kier alpha value is -2.35. The first-order valence-corrected chi connectivity index (χ1v) is 8.27. The molecule has 1 unspecified atom stereocenters. The Kier molecular flexibility index (Phi) is 4.31. The van der Waals surface area contributed by atoms with E-state index in [2.05, 4.69) is 26.3 Å². The van der Waals surface area contributed by atoms with E-state index in [9.17, 15) is 14.7 Å². The molecule has 1 fully saturated rings. The predicted molar refractivity (Wildman–Crippen MR) is 92.2 cm³/mol. The lowest BCUT2D eigenvalue weighted by atomic mass is 9.90. The number of hydrogen-bond donors (Lipinski definition) is 2. The van der Waals surface area contributed by atoms with Gasteiger partial charge >= 0.3 is 12.0 Å². The van der Waals surface area contributed by atoms with E-state index in [0.29, 0.717) is 18.7 Å². The summed E-state index contributed by atoms with van der Waals surface area (Å²) in [6.45, 7) is 2.27. The lowest BCUT2D eigenvalue weighted by Crippen LogP contribution is -2.37. The zero-order valence-corrected chi connectivity index (χ0v) is 14.7. The number of halogens is 1. The van der Waals surface area contributed by atoms with E-state index < -0.39 is 11.4 Å². The summed E-state index contributed by atoms with van der Waals surface area (Å²) in [4.78, 5) is 25.4. The van der Waals surface area contributed by atoms with E-state index in [-0.39, 0.29) is 12.6 Å². The zero-order chi connectivity index (χ0) is 17.3. The van der Waals surface area contributed by atoms with Crippen molar-refractivity contribution in [1.82, 2.24) is 14.7 Å². The average Bonchev–Trinajstić information content (AvgIpc) is 3.18. The Morgan fingerprint density at radius 2 is 2.21 bits per heavy atom. The first kappa shape index (κ1) is 16.5. The summed E-state index contributed by atoms with van der Waals surface area (Å²) >= 11 is 3.40. The fourth-order valence-electron chi connectivity index (χ4n) is 2.72. The molecule has 1 atom stereocenters. The second-order valence-corrected chi connectivity index (χ2v) is 7.00. The van der Waals surface area contributed by atoms with Gasteiger partial charge in [-0.05, 0) is 37.6 Å². The molecule has 0 radical (unpaired) electrons. The second kappa shape index (κ2) is 6.27. The van der Waals surface area contributed by atoms with Crippen LogP contribution in [-0.4, -0.2) is 44.9 Å². The Balaban J connectivity index is 1.80. The molecule has 1 saturated heterocycles. The van der Waals surface area contributed by atoms with Crippen molar-refractivity contribution < 1.29 is 14.7 Å². The molecule has 0 bridgehead atoms. The van der Waals surface area contributed by atoms with Crippen molar-refractivity contribution in [3.8, 4) is 5.69 Å². The van der Waals surface area contributed by atoms with Crippen LogP contribution in [0.15, 0.2) is 41.1 Å². The minimum absolute atomic E-state index is 0.194. The standard InChI is InChI=1S/C16H17BrN4O3/c1-16(14(22)23)5-8-20(10-16)15(24)19-12-9-11(17)3-4-13(12)21-7-2-6-18-21/h2-4,6-7,9H,5,8,10H2,1H3,(H,19,24)(H,22,23). The van der Waals surface area contributed by atoms with Crippen molar-refractivity contribution >= 4 is 33.6 Å². The molecule has 1 aliphatic heterocycles. The number of carboxylic acids is 1. The maximum atomic E-state index is 12.5. The van der Waals surface area contributed by atoms with Crippen molar-refractivity contribution in [3.63, 3.8) is 0 Å². The first-order chi connectivity index (χ1) is 11.4. The third kappa shape index (κ3) is 3.14. The highest BCUT2D eigenvalue weighted by molar-refractivity contribution is 9.10. The molecule has 2 heterocycles. The third-order valence-electron chi connectivity index (χ3n) is 4.23. The monoisotopic (exact) mass is 392 g/mol. The number of aliphatic carboxylic acids is 1. The van der Waals surface area contributed by atoms with Crippen LogP contribution in [0.5, 0.6) is 0 Å². The molecule has 7 nitrogen and oxygen atoms in total. The van der Waals surface area contributed by atoms with Crippen LogP contribution in [0.2, 0.25) is 0 Å². The molecular weight excluding hydrogens is 376 g/mol. The molecule has 126 valence electrons. The maximum Gasteiger partial charge on any atom is 0.321 e. The zero-order valence-electron chi connectivity index (χ0n) is 13.1. The number of urea groups is 1. The number of amides is 2. The molecule has 1 aromatic carbocycles. The van der Waals surface area contributed by atoms with Crippen LogP contribution in [0.4, 0.5) is 10.5 Å². The Bertz CT molecular complexity index is 778. The van der Waals surface area contributed by atoms with Gasteiger partial charge in [0.2, 0.25) is 0 Å². The minimum atomic E-state index is -0.889. The topological polar surface area (TPSA) is 87.5 Å². The van der Waals surface area contributed by atoms with E-state index in [1.54, 1.807) is 36.1 Å². The fraction of sp³-hybridized carbons (Fsp3) is 0.312. The number of benzene rings is 1. The number of carboxylic acid groups (broad SMARTS) is 1. The number of nitrogens with zero attached hydrogens (tertiary/aromatic N) is 3. The van der Waals surface area contributed by atoms with Crippen LogP contribution in [0.1, 0.15) is 13.3 Å². The van der Waals surface area contributed by atoms with Crippen LogP contribution in [0, 0.1) is 5.41 Å². The van der Waals surface area contributed by atoms with Gasteiger partial charge in [-0.3, -0.25) is 4.79 Å². The van der Waals surface area contributed by atoms with E-state index in [1.807, 2.05) is 12.1 Å². The van der Waals surface area contributed by atoms with Crippen LogP contribution in [-0.2, 0) is 4.79 Å². The summed E-state index contributed by atoms with van der Waals surface area (Å²) in [6.07, 6.45) is 3.89. The highest BCUT2D eigenvalue weighted by atomic mass is 79.9. The molecule has 24 heavy (non-hydrogen) atoms. The largest absolute Gasteiger partial charge is 0.481 e. The van der Waals surface area contributed by atoms with Gasteiger partial charge in [0.15, 0.2) is 0 Å². The SMILES string of the molecule is CC1(C(=O)O)CCN(C(=O)Nc2cc(Br)ccc2-n2cccn2)C1.